The molecule has 0 saturated carbocycles. The molecule has 8 heteroatoms. The second kappa shape index (κ2) is 6.35. The van der Waals surface area contributed by atoms with Crippen LogP contribution in [0.15, 0.2) is 24.3 Å². The van der Waals surface area contributed by atoms with E-state index in [0.717, 1.165) is 12.1 Å². The smallest absolute Gasteiger partial charge is 0.254 e. The van der Waals surface area contributed by atoms with Crippen LogP contribution in [0, 0.1) is 0 Å². The largest absolute Gasteiger partial charge is 0.332 e. The van der Waals surface area contributed by atoms with Gasteiger partial charge in [-0.15, -0.1) is 0 Å². The lowest BCUT2D eigenvalue weighted by Crippen LogP contribution is -2.59. The van der Waals surface area contributed by atoms with Gasteiger partial charge < -0.3 is 9.80 Å². The summed E-state index contributed by atoms with van der Waals surface area (Å²) < 4.78 is 24.1. The highest BCUT2D eigenvalue weighted by molar-refractivity contribution is 7.91. The van der Waals surface area contributed by atoms with Crippen molar-refractivity contribution in [1.82, 2.24) is 9.80 Å². The van der Waals surface area contributed by atoms with E-state index in [1.54, 1.807) is 34.1 Å². The van der Waals surface area contributed by atoms with E-state index < -0.39 is 9.84 Å². The van der Waals surface area contributed by atoms with E-state index >= 15 is 0 Å². The highest BCUT2D eigenvalue weighted by atomic mass is 32.2. The Kier molecular flexibility index (Phi) is 4.27. The normalized spacial score (nSPS) is 28.4. The van der Waals surface area contributed by atoms with Gasteiger partial charge in [0.1, 0.15) is 0 Å². The van der Waals surface area contributed by atoms with Gasteiger partial charge in [0.05, 0.1) is 17.5 Å². The van der Waals surface area contributed by atoms with Crippen LogP contribution in [0.4, 0.5) is 5.69 Å². The SMILES string of the molecule is CN1CCN(C(=O)c2ccc(N3CCCC3=O)cc2)[C@H]2CS(=O)(=O)C[C@H]21. The fourth-order valence-corrected chi connectivity index (χ4v) is 6.30. The first-order chi connectivity index (χ1) is 12.4. The summed E-state index contributed by atoms with van der Waals surface area (Å²) in [5, 5.41) is 0. The van der Waals surface area contributed by atoms with Gasteiger partial charge in [-0.2, -0.15) is 0 Å². The third-order valence-electron chi connectivity index (χ3n) is 5.71. The van der Waals surface area contributed by atoms with Crippen LogP contribution in [0.2, 0.25) is 0 Å². The molecule has 3 aliphatic rings. The lowest BCUT2D eigenvalue weighted by atomic mass is 10.0. The number of hydrogen-bond donors (Lipinski definition) is 0. The monoisotopic (exact) mass is 377 g/mol. The summed E-state index contributed by atoms with van der Waals surface area (Å²) in [5.74, 6) is 0.133. The summed E-state index contributed by atoms with van der Waals surface area (Å²) in [6.07, 6.45) is 1.43. The molecule has 0 spiro atoms. The van der Waals surface area contributed by atoms with Gasteiger partial charge in [0.2, 0.25) is 5.91 Å². The molecule has 3 fully saturated rings. The van der Waals surface area contributed by atoms with Gasteiger partial charge in [-0.3, -0.25) is 14.5 Å². The molecule has 3 saturated heterocycles. The van der Waals surface area contributed by atoms with E-state index in [4.69, 9.17) is 0 Å². The van der Waals surface area contributed by atoms with Crippen molar-refractivity contribution in [1.29, 1.82) is 0 Å². The molecule has 1 aromatic carbocycles. The number of likely N-dealkylation sites (N-methyl/N-ethyl adjacent to an activating group) is 1. The molecule has 7 nitrogen and oxygen atoms in total. The van der Waals surface area contributed by atoms with Crippen molar-refractivity contribution in [2.75, 3.05) is 43.1 Å². The number of carbonyl (C=O) groups excluding carboxylic acids is 2. The molecule has 26 heavy (non-hydrogen) atoms. The summed E-state index contributed by atoms with van der Waals surface area (Å²) in [4.78, 5) is 30.3. The molecule has 2 amide bonds. The molecule has 4 rings (SSSR count). The molecule has 1 aromatic rings. The molecule has 2 atom stereocenters. The predicted molar refractivity (Wildman–Crippen MR) is 97.9 cm³/mol. The number of fused-ring (bicyclic) bond motifs is 1. The van der Waals surface area contributed by atoms with Gasteiger partial charge in [0.25, 0.3) is 5.91 Å². The zero-order chi connectivity index (χ0) is 18.5. The van der Waals surface area contributed by atoms with E-state index in [-0.39, 0.29) is 35.4 Å². The second-order valence-corrected chi connectivity index (χ2v) is 9.54. The van der Waals surface area contributed by atoms with Crippen LogP contribution in [-0.2, 0) is 14.6 Å². The predicted octanol–water partition coefficient (Wildman–Crippen LogP) is 0.367. The summed E-state index contributed by atoms with van der Waals surface area (Å²) in [7, 11) is -1.20. The zero-order valence-electron chi connectivity index (χ0n) is 14.8. The highest BCUT2D eigenvalue weighted by Gasteiger charge is 2.47. The van der Waals surface area contributed by atoms with Crippen LogP contribution >= 0.6 is 0 Å². The summed E-state index contributed by atoms with van der Waals surface area (Å²) in [6.45, 7) is 1.91. The molecule has 0 aliphatic carbocycles. The van der Waals surface area contributed by atoms with Gasteiger partial charge in [-0.25, -0.2) is 8.42 Å². The lowest BCUT2D eigenvalue weighted by Gasteiger charge is -2.42. The van der Waals surface area contributed by atoms with Crippen LogP contribution in [0.5, 0.6) is 0 Å². The van der Waals surface area contributed by atoms with E-state index in [0.29, 0.717) is 31.6 Å². The average Bonchev–Trinajstić information content (AvgIpc) is 3.17. The Morgan fingerprint density at radius 2 is 1.73 bits per heavy atom. The molecule has 0 N–H and O–H groups in total. The minimum Gasteiger partial charge on any atom is -0.332 e. The Morgan fingerprint density at radius 1 is 1.04 bits per heavy atom. The number of sulfone groups is 1. The van der Waals surface area contributed by atoms with Gasteiger partial charge in [-0.05, 0) is 37.7 Å². The third-order valence-corrected chi connectivity index (χ3v) is 7.41. The van der Waals surface area contributed by atoms with Crippen molar-refractivity contribution in [3.63, 3.8) is 0 Å². The molecule has 3 heterocycles. The number of nitrogens with zero attached hydrogens (tertiary/aromatic N) is 3. The molecule has 140 valence electrons. The molecule has 0 unspecified atom stereocenters. The van der Waals surface area contributed by atoms with Gasteiger partial charge in [0.15, 0.2) is 9.84 Å². The Balaban J connectivity index is 1.54. The van der Waals surface area contributed by atoms with Gasteiger partial charge in [-0.1, -0.05) is 0 Å². The fourth-order valence-electron chi connectivity index (χ4n) is 4.25. The third kappa shape index (κ3) is 3.01. The molecule has 3 aliphatic heterocycles. The minimum absolute atomic E-state index is 0.0358. The van der Waals surface area contributed by atoms with Crippen molar-refractivity contribution in [2.24, 2.45) is 0 Å². The number of anilines is 1. The van der Waals surface area contributed by atoms with Crippen molar-refractivity contribution in [3.05, 3.63) is 29.8 Å². The molecular formula is C18H23N3O4S. The Labute approximate surface area is 153 Å². The van der Waals surface area contributed by atoms with E-state index in [1.807, 2.05) is 11.9 Å². The number of rotatable bonds is 2. The van der Waals surface area contributed by atoms with Crippen LogP contribution < -0.4 is 4.90 Å². The van der Waals surface area contributed by atoms with Crippen LogP contribution in [-0.4, -0.2) is 80.3 Å². The molecule has 0 radical (unpaired) electrons. The number of carbonyl (C=O) groups is 2. The minimum atomic E-state index is -3.11. The Hall–Kier alpha value is -1.93. The van der Waals surface area contributed by atoms with Gasteiger partial charge >= 0.3 is 0 Å². The van der Waals surface area contributed by atoms with Crippen LogP contribution in [0.3, 0.4) is 0 Å². The summed E-state index contributed by atoms with van der Waals surface area (Å²) in [5.41, 5.74) is 1.34. The van der Waals surface area contributed by atoms with Crippen LogP contribution in [0.1, 0.15) is 23.2 Å². The maximum atomic E-state index is 13.0. The fraction of sp³-hybridized carbons (Fsp3) is 0.556. The van der Waals surface area contributed by atoms with Crippen molar-refractivity contribution >= 4 is 27.3 Å². The standard InChI is InChI=1S/C18H23N3O4S/c1-19-9-10-21(16-12-26(24,25)11-15(16)19)18(23)13-4-6-14(7-5-13)20-8-2-3-17(20)22/h4-7,15-16H,2-3,8-12H2,1H3/t15-,16+/m1/s1. The molecule has 0 bridgehead atoms. The van der Waals surface area contributed by atoms with Crippen LogP contribution in [0.25, 0.3) is 0 Å². The number of piperazine rings is 1. The number of hydrogen-bond acceptors (Lipinski definition) is 5. The maximum absolute atomic E-state index is 13.0. The first-order valence-corrected chi connectivity index (χ1v) is 10.8. The first kappa shape index (κ1) is 17.5. The number of amides is 2. The summed E-state index contributed by atoms with van der Waals surface area (Å²) >= 11 is 0. The number of benzene rings is 1. The van der Waals surface area contributed by atoms with Gasteiger partial charge in [0, 0.05) is 43.3 Å². The average molecular weight is 377 g/mol. The second-order valence-electron chi connectivity index (χ2n) is 7.39. The first-order valence-electron chi connectivity index (χ1n) is 8.98. The van der Waals surface area contributed by atoms with Crippen molar-refractivity contribution in [3.8, 4) is 0 Å². The lowest BCUT2D eigenvalue weighted by molar-refractivity contribution is -0.117. The molecular weight excluding hydrogens is 354 g/mol. The highest BCUT2D eigenvalue weighted by Crippen LogP contribution is 2.28. The van der Waals surface area contributed by atoms with E-state index in [2.05, 4.69) is 0 Å². The zero-order valence-corrected chi connectivity index (χ0v) is 15.6. The maximum Gasteiger partial charge on any atom is 0.254 e. The topological polar surface area (TPSA) is 78.0 Å². The Bertz CT molecular complexity index is 836. The Morgan fingerprint density at radius 3 is 2.38 bits per heavy atom. The quantitative estimate of drug-likeness (QED) is 0.744. The van der Waals surface area contributed by atoms with E-state index in [9.17, 15) is 18.0 Å². The van der Waals surface area contributed by atoms with Crippen molar-refractivity contribution < 1.29 is 18.0 Å². The molecule has 0 aromatic heterocycles. The van der Waals surface area contributed by atoms with Crippen molar-refractivity contribution in [2.45, 2.75) is 24.9 Å². The van der Waals surface area contributed by atoms with E-state index in [1.165, 1.54) is 0 Å². The summed E-state index contributed by atoms with van der Waals surface area (Å²) in [6, 6.07) is 6.66.